The Balaban J connectivity index is 1.13. The molecule has 0 unspecified atom stereocenters. The second-order valence-electron chi connectivity index (χ2n) is 10.9. The molecule has 3 atom stereocenters. The van der Waals surface area contributed by atoms with E-state index in [9.17, 15) is 9.59 Å². The number of piperidine rings is 1. The summed E-state index contributed by atoms with van der Waals surface area (Å²) in [5, 5.41) is 7.03. The molecule has 0 saturated carbocycles. The second kappa shape index (κ2) is 12.1. The minimum absolute atomic E-state index is 0.0391. The van der Waals surface area contributed by atoms with Crippen LogP contribution < -0.4 is 20.3 Å². The molecule has 2 N–H and O–H groups in total. The molecule has 1 aromatic carbocycles. The van der Waals surface area contributed by atoms with E-state index >= 15 is 0 Å². The summed E-state index contributed by atoms with van der Waals surface area (Å²) >= 11 is 12.2. The minimum atomic E-state index is -1.11. The summed E-state index contributed by atoms with van der Waals surface area (Å²) in [5.74, 6) is 0.974. The van der Waals surface area contributed by atoms with Crippen LogP contribution >= 0.6 is 23.2 Å². The van der Waals surface area contributed by atoms with Crippen LogP contribution in [0.1, 0.15) is 56.3 Å². The molecule has 2 saturated heterocycles. The van der Waals surface area contributed by atoms with Crippen LogP contribution in [0.15, 0.2) is 55.2 Å². The molecular formula is C29H34Cl2N6O3. The highest BCUT2D eigenvalue weighted by molar-refractivity contribution is 6.35. The topological polar surface area (TPSA) is 101 Å². The van der Waals surface area contributed by atoms with Crippen molar-refractivity contribution >= 4 is 40.8 Å². The zero-order valence-electron chi connectivity index (χ0n) is 22.6. The van der Waals surface area contributed by atoms with E-state index < -0.39 is 5.60 Å². The molecule has 2 fully saturated rings. The van der Waals surface area contributed by atoms with Gasteiger partial charge in [0, 0.05) is 54.8 Å². The number of aromatic nitrogens is 3. The van der Waals surface area contributed by atoms with Gasteiger partial charge in [-0.3, -0.25) is 9.59 Å². The molecule has 2 amide bonds. The smallest absolute Gasteiger partial charge is 0.263 e. The number of aryl methyl sites for hydroxylation is 1. The average molecular weight is 586 g/mol. The summed E-state index contributed by atoms with van der Waals surface area (Å²) in [5.41, 5.74) is -0.561. The van der Waals surface area contributed by atoms with Gasteiger partial charge in [0.1, 0.15) is 11.6 Å². The van der Waals surface area contributed by atoms with Crippen LogP contribution in [0.3, 0.4) is 0 Å². The number of hydrogen-bond acceptors (Lipinski definition) is 6. The Hall–Kier alpha value is -3.30. The number of hydrogen-bond donors (Lipinski definition) is 2. The lowest BCUT2D eigenvalue weighted by molar-refractivity contribution is -0.135. The summed E-state index contributed by atoms with van der Waals surface area (Å²) in [6.07, 6.45) is 11.6. The number of amides is 2. The van der Waals surface area contributed by atoms with Crippen LogP contribution in [0.5, 0.6) is 5.75 Å². The summed E-state index contributed by atoms with van der Waals surface area (Å²) in [6, 6.07) is 9.29. The number of ether oxygens (including phenoxy) is 1. The van der Waals surface area contributed by atoms with Crippen molar-refractivity contribution in [2.75, 3.05) is 11.4 Å². The highest BCUT2D eigenvalue weighted by Gasteiger charge is 2.43. The molecule has 4 heterocycles. The lowest BCUT2D eigenvalue weighted by atomic mass is 9.96. The summed E-state index contributed by atoms with van der Waals surface area (Å²) < 4.78 is 7.95. The van der Waals surface area contributed by atoms with Gasteiger partial charge in [0.05, 0.1) is 16.9 Å². The lowest BCUT2D eigenvalue weighted by Crippen LogP contribution is -2.55. The fourth-order valence-corrected chi connectivity index (χ4v) is 6.01. The van der Waals surface area contributed by atoms with Gasteiger partial charge >= 0.3 is 0 Å². The molecule has 40 heavy (non-hydrogen) atoms. The van der Waals surface area contributed by atoms with E-state index in [0.717, 1.165) is 44.5 Å². The molecule has 9 nitrogen and oxygen atoms in total. The van der Waals surface area contributed by atoms with Crippen LogP contribution in [-0.2, 0) is 11.3 Å². The molecule has 2 aliphatic heterocycles. The second-order valence-corrected chi connectivity index (χ2v) is 11.8. The highest BCUT2D eigenvalue weighted by atomic mass is 35.5. The number of rotatable bonds is 10. The van der Waals surface area contributed by atoms with E-state index in [1.165, 1.54) is 0 Å². The Morgan fingerprint density at radius 1 is 1.12 bits per heavy atom. The number of nitrogens with one attached hydrogen (secondary N) is 2. The molecule has 2 aromatic heterocycles. The van der Waals surface area contributed by atoms with Gasteiger partial charge in [-0.15, -0.1) is 0 Å². The Bertz CT molecular complexity index is 1320. The number of benzene rings is 1. The van der Waals surface area contributed by atoms with Crippen molar-refractivity contribution in [2.24, 2.45) is 0 Å². The minimum Gasteiger partial charge on any atom is -0.476 e. The molecule has 11 heteroatoms. The molecular weight excluding hydrogens is 551 g/mol. The number of anilines is 1. The Morgan fingerprint density at radius 3 is 2.55 bits per heavy atom. The predicted octanol–water partition coefficient (Wildman–Crippen LogP) is 4.88. The first-order valence-corrected chi connectivity index (χ1v) is 14.4. The first-order valence-electron chi connectivity index (χ1n) is 13.6. The summed E-state index contributed by atoms with van der Waals surface area (Å²) in [7, 11) is 0. The van der Waals surface area contributed by atoms with Crippen LogP contribution in [0, 0.1) is 0 Å². The number of halogens is 2. The highest BCUT2D eigenvalue weighted by Crippen LogP contribution is 2.39. The SMILES string of the molecule is CC(C)(Oc1ccc(Cl)cc1Cl)C(=O)N[C@H]1C[C@H]2CC[C@@H](C1)N2c1ccc(C(=O)NCCCn2ccnc2)cn1. The van der Waals surface area contributed by atoms with Crippen molar-refractivity contribution < 1.29 is 14.3 Å². The van der Waals surface area contributed by atoms with Gasteiger partial charge in [-0.1, -0.05) is 23.2 Å². The number of fused-ring (bicyclic) bond motifs is 2. The Labute approximate surface area is 244 Å². The summed E-state index contributed by atoms with van der Waals surface area (Å²) in [4.78, 5) is 36.8. The van der Waals surface area contributed by atoms with Crippen molar-refractivity contribution in [2.45, 2.75) is 76.2 Å². The number of nitrogens with zero attached hydrogens (tertiary/aromatic N) is 4. The number of imidazole rings is 1. The zero-order valence-corrected chi connectivity index (χ0v) is 24.2. The fraction of sp³-hybridized carbons (Fsp3) is 0.448. The van der Waals surface area contributed by atoms with E-state index in [1.807, 2.05) is 22.9 Å². The van der Waals surface area contributed by atoms with Gasteiger partial charge in [0.15, 0.2) is 5.60 Å². The van der Waals surface area contributed by atoms with E-state index in [2.05, 4.69) is 25.5 Å². The average Bonchev–Trinajstić information content (AvgIpc) is 3.54. The number of pyridine rings is 1. The number of carbonyl (C=O) groups excluding carboxylic acids is 2. The molecule has 3 aromatic rings. The maximum atomic E-state index is 13.2. The standard InChI is InChI=1S/C29H34Cl2N6O3/c1-29(2,40-25-8-5-20(30)14-24(25)31)28(39)35-21-15-22-6-7-23(16-21)37(22)26-9-4-19(17-34-26)27(38)33-10-3-12-36-13-11-32-18-36/h4-5,8-9,11,13-14,17-18,21-23H,3,6-7,10,12,15-16H2,1-2H3,(H,33,38)(H,35,39)/t21-,22+,23-. The molecule has 0 radical (unpaired) electrons. The Kier molecular flexibility index (Phi) is 8.51. The van der Waals surface area contributed by atoms with Crippen LogP contribution in [0.2, 0.25) is 10.0 Å². The fourth-order valence-electron chi connectivity index (χ4n) is 5.57. The third-order valence-corrected chi connectivity index (χ3v) is 8.12. The largest absolute Gasteiger partial charge is 0.476 e. The Morgan fingerprint density at radius 2 is 1.90 bits per heavy atom. The molecule has 0 spiro atoms. The van der Waals surface area contributed by atoms with Crippen molar-refractivity contribution in [1.82, 2.24) is 25.2 Å². The normalized spacial score (nSPS) is 20.3. The van der Waals surface area contributed by atoms with Gasteiger partial charge in [0.25, 0.3) is 11.8 Å². The maximum absolute atomic E-state index is 13.2. The molecule has 212 valence electrons. The van der Waals surface area contributed by atoms with E-state index in [4.69, 9.17) is 27.9 Å². The maximum Gasteiger partial charge on any atom is 0.263 e. The molecule has 0 aliphatic carbocycles. The van der Waals surface area contributed by atoms with E-state index in [-0.39, 0.29) is 29.9 Å². The quantitative estimate of drug-likeness (QED) is 0.329. The van der Waals surface area contributed by atoms with Crippen LogP contribution in [0.4, 0.5) is 5.82 Å². The van der Waals surface area contributed by atoms with Crippen LogP contribution in [-0.4, -0.2) is 56.6 Å². The van der Waals surface area contributed by atoms with Gasteiger partial charge in [0.2, 0.25) is 0 Å². The van der Waals surface area contributed by atoms with Crippen molar-refractivity contribution in [3.05, 3.63) is 70.9 Å². The predicted molar refractivity (Wildman–Crippen MR) is 155 cm³/mol. The zero-order chi connectivity index (χ0) is 28.3. The van der Waals surface area contributed by atoms with Crippen molar-refractivity contribution in [1.29, 1.82) is 0 Å². The van der Waals surface area contributed by atoms with Gasteiger partial charge in [-0.25, -0.2) is 9.97 Å². The van der Waals surface area contributed by atoms with Crippen molar-refractivity contribution in [3.8, 4) is 5.75 Å². The first-order chi connectivity index (χ1) is 19.2. The van der Waals surface area contributed by atoms with E-state index in [1.54, 1.807) is 50.8 Å². The first kappa shape index (κ1) is 28.2. The third-order valence-electron chi connectivity index (χ3n) is 7.59. The number of carbonyl (C=O) groups is 2. The summed E-state index contributed by atoms with van der Waals surface area (Å²) in [6.45, 7) is 4.85. The van der Waals surface area contributed by atoms with Gasteiger partial charge < -0.3 is 24.8 Å². The van der Waals surface area contributed by atoms with Crippen molar-refractivity contribution in [3.63, 3.8) is 0 Å². The van der Waals surface area contributed by atoms with Gasteiger partial charge in [-0.2, -0.15) is 0 Å². The van der Waals surface area contributed by atoms with Crippen LogP contribution in [0.25, 0.3) is 0 Å². The van der Waals surface area contributed by atoms with Gasteiger partial charge in [-0.05, 0) is 76.3 Å². The van der Waals surface area contributed by atoms with E-state index in [0.29, 0.717) is 27.9 Å². The third kappa shape index (κ3) is 6.53. The molecule has 2 aliphatic rings. The molecule has 2 bridgehead atoms. The monoisotopic (exact) mass is 584 g/mol. The molecule has 5 rings (SSSR count). The lowest BCUT2D eigenvalue weighted by Gasteiger charge is -2.40.